The predicted octanol–water partition coefficient (Wildman–Crippen LogP) is 0.167. The number of esters is 1. The lowest BCUT2D eigenvalue weighted by atomic mass is 10.1. The first-order valence-corrected chi connectivity index (χ1v) is 5.66. The molecule has 1 aromatic rings. The SMILES string of the molecule is COC(=O)C(O)CNC(=O)c1ccc([N+](=O)[O-])c(C)c1. The Morgan fingerprint density at radius 3 is 2.65 bits per heavy atom. The van der Waals surface area contributed by atoms with Gasteiger partial charge in [-0.25, -0.2) is 4.79 Å². The lowest BCUT2D eigenvalue weighted by Crippen LogP contribution is -2.37. The molecule has 0 bridgehead atoms. The van der Waals surface area contributed by atoms with Crippen molar-refractivity contribution in [1.29, 1.82) is 0 Å². The van der Waals surface area contributed by atoms with E-state index >= 15 is 0 Å². The maximum absolute atomic E-state index is 11.7. The fraction of sp³-hybridized carbons (Fsp3) is 0.333. The molecule has 0 aliphatic rings. The molecule has 1 unspecified atom stereocenters. The van der Waals surface area contributed by atoms with E-state index in [9.17, 15) is 24.8 Å². The van der Waals surface area contributed by atoms with Crippen LogP contribution in [0.25, 0.3) is 0 Å². The number of hydrogen-bond acceptors (Lipinski definition) is 6. The third-order valence-electron chi connectivity index (χ3n) is 2.58. The van der Waals surface area contributed by atoms with Gasteiger partial charge in [0.2, 0.25) is 0 Å². The molecule has 1 atom stereocenters. The van der Waals surface area contributed by atoms with Crippen LogP contribution in [0.4, 0.5) is 5.69 Å². The van der Waals surface area contributed by atoms with Gasteiger partial charge in [0, 0.05) is 17.2 Å². The lowest BCUT2D eigenvalue weighted by molar-refractivity contribution is -0.385. The van der Waals surface area contributed by atoms with Crippen molar-refractivity contribution >= 4 is 17.6 Å². The van der Waals surface area contributed by atoms with E-state index in [0.29, 0.717) is 5.56 Å². The first kappa shape index (κ1) is 15.6. The third-order valence-corrected chi connectivity index (χ3v) is 2.58. The number of nitro groups is 1. The van der Waals surface area contributed by atoms with Crippen LogP contribution in [0.1, 0.15) is 15.9 Å². The first-order valence-electron chi connectivity index (χ1n) is 5.66. The van der Waals surface area contributed by atoms with Gasteiger partial charge in [-0.3, -0.25) is 14.9 Å². The summed E-state index contributed by atoms with van der Waals surface area (Å²) in [5.41, 5.74) is 0.456. The average Bonchev–Trinajstić information content (AvgIpc) is 2.42. The van der Waals surface area contributed by atoms with Crippen molar-refractivity contribution in [1.82, 2.24) is 5.32 Å². The number of rotatable bonds is 5. The quantitative estimate of drug-likeness (QED) is 0.451. The fourth-order valence-electron chi connectivity index (χ4n) is 1.51. The molecule has 0 radical (unpaired) electrons. The second-order valence-electron chi connectivity index (χ2n) is 4.01. The second-order valence-corrected chi connectivity index (χ2v) is 4.01. The largest absolute Gasteiger partial charge is 0.467 e. The number of benzene rings is 1. The van der Waals surface area contributed by atoms with Crippen molar-refractivity contribution in [3.05, 3.63) is 39.4 Å². The van der Waals surface area contributed by atoms with E-state index in [4.69, 9.17) is 0 Å². The van der Waals surface area contributed by atoms with Crippen molar-refractivity contribution in [2.75, 3.05) is 13.7 Å². The molecule has 0 fully saturated rings. The molecule has 8 heteroatoms. The highest BCUT2D eigenvalue weighted by molar-refractivity contribution is 5.95. The molecule has 1 aromatic carbocycles. The van der Waals surface area contributed by atoms with Gasteiger partial charge in [0.05, 0.1) is 18.6 Å². The minimum Gasteiger partial charge on any atom is -0.467 e. The van der Waals surface area contributed by atoms with Crippen molar-refractivity contribution in [3.63, 3.8) is 0 Å². The highest BCUT2D eigenvalue weighted by Crippen LogP contribution is 2.18. The molecule has 108 valence electrons. The number of nitrogens with one attached hydrogen (secondary N) is 1. The third kappa shape index (κ3) is 3.75. The summed E-state index contributed by atoms with van der Waals surface area (Å²) >= 11 is 0. The molecule has 0 aliphatic heterocycles. The summed E-state index contributed by atoms with van der Waals surface area (Å²) in [6, 6.07) is 3.88. The van der Waals surface area contributed by atoms with Gasteiger partial charge in [0.1, 0.15) is 0 Å². The molecule has 20 heavy (non-hydrogen) atoms. The molecule has 0 saturated heterocycles. The van der Waals surface area contributed by atoms with Crippen LogP contribution < -0.4 is 5.32 Å². The predicted molar refractivity (Wildman–Crippen MR) is 68.2 cm³/mol. The van der Waals surface area contributed by atoms with E-state index in [1.807, 2.05) is 0 Å². The average molecular weight is 282 g/mol. The highest BCUT2D eigenvalue weighted by atomic mass is 16.6. The van der Waals surface area contributed by atoms with Gasteiger partial charge in [-0.05, 0) is 19.1 Å². The van der Waals surface area contributed by atoms with E-state index in [2.05, 4.69) is 10.1 Å². The van der Waals surface area contributed by atoms with Gasteiger partial charge >= 0.3 is 5.97 Å². The number of ether oxygens (including phenoxy) is 1. The lowest BCUT2D eigenvalue weighted by Gasteiger charge is -2.10. The Labute approximate surface area is 114 Å². The second kappa shape index (κ2) is 6.62. The van der Waals surface area contributed by atoms with E-state index in [-0.39, 0.29) is 17.8 Å². The van der Waals surface area contributed by atoms with Crippen LogP contribution in [0.3, 0.4) is 0 Å². The Morgan fingerprint density at radius 2 is 2.15 bits per heavy atom. The number of hydrogen-bond donors (Lipinski definition) is 2. The van der Waals surface area contributed by atoms with Crippen LogP contribution in [0.5, 0.6) is 0 Å². The van der Waals surface area contributed by atoms with Crippen molar-refractivity contribution < 1.29 is 24.4 Å². The van der Waals surface area contributed by atoms with E-state index in [0.717, 1.165) is 7.11 Å². The standard InChI is InChI=1S/C12H14N2O6/c1-7-5-8(3-4-9(7)14(18)19)11(16)13-6-10(15)12(17)20-2/h3-5,10,15H,6H2,1-2H3,(H,13,16). The number of amides is 1. The van der Waals surface area contributed by atoms with Crippen LogP contribution in [-0.4, -0.2) is 41.7 Å². The zero-order chi connectivity index (χ0) is 15.3. The Bertz CT molecular complexity index is 543. The smallest absolute Gasteiger partial charge is 0.336 e. The number of nitro benzene ring substituents is 1. The zero-order valence-corrected chi connectivity index (χ0v) is 11.0. The number of aryl methyl sites for hydroxylation is 1. The normalized spacial score (nSPS) is 11.6. The van der Waals surface area contributed by atoms with Crippen LogP contribution in [0.15, 0.2) is 18.2 Å². The summed E-state index contributed by atoms with van der Waals surface area (Å²) in [6.45, 7) is 1.21. The van der Waals surface area contributed by atoms with Crippen LogP contribution in [0, 0.1) is 17.0 Å². The number of aliphatic hydroxyl groups is 1. The van der Waals surface area contributed by atoms with Gasteiger partial charge in [0.15, 0.2) is 6.10 Å². The number of nitrogens with zero attached hydrogens (tertiary/aromatic N) is 1. The van der Waals surface area contributed by atoms with Crippen LogP contribution in [0.2, 0.25) is 0 Å². The van der Waals surface area contributed by atoms with Gasteiger partial charge in [0.25, 0.3) is 11.6 Å². The van der Waals surface area contributed by atoms with Crippen LogP contribution >= 0.6 is 0 Å². The molecule has 1 amide bonds. The van der Waals surface area contributed by atoms with Crippen molar-refractivity contribution in [3.8, 4) is 0 Å². The molecule has 0 spiro atoms. The van der Waals surface area contributed by atoms with Gasteiger partial charge in [-0.2, -0.15) is 0 Å². The maximum Gasteiger partial charge on any atom is 0.336 e. The molecular weight excluding hydrogens is 268 g/mol. The molecule has 2 N–H and O–H groups in total. The van der Waals surface area contributed by atoms with Crippen molar-refractivity contribution in [2.45, 2.75) is 13.0 Å². The maximum atomic E-state index is 11.7. The van der Waals surface area contributed by atoms with E-state index in [1.165, 1.54) is 25.1 Å². The summed E-state index contributed by atoms with van der Waals surface area (Å²) in [4.78, 5) is 32.8. The Morgan fingerprint density at radius 1 is 1.50 bits per heavy atom. The molecule has 0 aromatic heterocycles. The minimum absolute atomic E-state index is 0.0869. The minimum atomic E-state index is -1.46. The van der Waals surface area contributed by atoms with Gasteiger partial charge in [-0.15, -0.1) is 0 Å². The summed E-state index contributed by atoms with van der Waals surface area (Å²) in [5.74, 6) is -1.41. The Hall–Kier alpha value is -2.48. The Kier molecular flexibility index (Phi) is 5.15. The van der Waals surface area contributed by atoms with E-state index < -0.39 is 22.9 Å². The first-order chi connectivity index (χ1) is 9.36. The molecule has 0 saturated carbocycles. The van der Waals surface area contributed by atoms with E-state index in [1.54, 1.807) is 0 Å². The molecule has 8 nitrogen and oxygen atoms in total. The zero-order valence-electron chi connectivity index (χ0n) is 11.0. The molecule has 0 heterocycles. The van der Waals surface area contributed by atoms with Gasteiger partial charge < -0.3 is 15.2 Å². The number of aliphatic hydroxyl groups excluding tert-OH is 1. The highest BCUT2D eigenvalue weighted by Gasteiger charge is 2.18. The monoisotopic (exact) mass is 282 g/mol. The van der Waals surface area contributed by atoms with Gasteiger partial charge in [-0.1, -0.05) is 0 Å². The number of carbonyl (C=O) groups is 2. The molecular formula is C12H14N2O6. The fourth-order valence-corrected chi connectivity index (χ4v) is 1.51. The number of methoxy groups -OCH3 is 1. The van der Waals surface area contributed by atoms with Crippen LogP contribution in [-0.2, 0) is 9.53 Å². The molecule has 0 aliphatic carbocycles. The number of carbonyl (C=O) groups excluding carboxylic acids is 2. The topological polar surface area (TPSA) is 119 Å². The summed E-state index contributed by atoms with van der Waals surface area (Å²) < 4.78 is 4.30. The molecule has 1 rings (SSSR count). The summed E-state index contributed by atoms with van der Waals surface area (Å²) in [7, 11) is 1.12. The van der Waals surface area contributed by atoms with Crippen molar-refractivity contribution in [2.24, 2.45) is 0 Å². The summed E-state index contributed by atoms with van der Waals surface area (Å²) in [6.07, 6.45) is -1.46. The Balaban J connectivity index is 2.71. The summed E-state index contributed by atoms with van der Waals surface area (Å²) in [5, 5.41) is 22.3.